The molecule has 0 saturated carbocycles. The summed E-state index contributed by atoms with van der Waals surface area (Å²) < 4.78 is 69.2. The normalized spacial score (nSPS) is 41.6. The van der Waals surface area contributed by atoms with Gasteiger partial charge in [-0.15, -0.1) is 0 Å². The van der Waals surface area contributed by atoms with Crippen molar-refractivity contribution in [3.63, 3.8) is 0 Å². The fourth-order valence-corrected chi connectivity index (χ4v) is 4.86. The molecule has 0 aromatic rings. The zero-order valence-electron chi connectivity index (χ0n) is 22.2. The number of esters is 2. The molecule has 0 amide bonds. The average molecular weight is 539 g/mol. The Bertz CT molecular complexity index is 851. The summed E-state index contributed by atoms with van der Waals surface area (Å²) in [6.45, 7) is 12.8. The minimum atomic E-state index is -2.70. The molecule has 0 bridgehead atoms. The summed E-state index contributed by atoms with van der Waals surface area (Å²) in [4.78, 5) is 33.1. The van der Waals surface area contributed by atoms with Crippen LogP contribution in [0.15, 0.2) is 0 Å². The molecule has 0 N–H and O–H groups in total. The highest BCUT2D eigenvalue weighted by atomic mass is 19.3. The van der Waals surface area contributed by atoms with Crippen molar-refractivity contribution in [2.45, 2.75) is 123 Å². The topological polar surface area (TPSA) is 125 Å². The Balaban J connectivity index is 0.000000206. The van der Waals surface area contributed by atoms with Crippen LogP contribution in [0.2, 0.25) is 0 Å². The summed E-state index contributed by atoms with van der Waals surface area (Å²) in [5, 5.41) is 0. The van der Waals surface area contributed by atoms with Crippen LogP contribution in [0.3, 0.4) is 0 Å². The zero-order valence-corrected chi connectivity index (χ0v) is 22.2. The molecule has 1 unspecified atom stereocenters. The van der Waals surface area contributed by atoms with Crippen molar-refractivity contribution >= 4 is 18.2 Å². The molecule has 13 heteroatoms. The number of ether oxygens (including phenoxy) is 8. The Morgan fingerprint density at radius 1 is 0.811 bits per heavy atom. The molecule has 4 rings (SSSR count). The number of hydrogen-bond acceptors (Lipinski definition) is 11. The predicted molar refractivity (Wildman–Crippen MR) is 119 cm³/mol. The van der Waals surface area contributed by atoms with E-state index in [0.29, 0.717) is 0 Å². The number of halogens is 2. The SMILES string of the molecule is CC(=O)OC1O[C@@H](C(F)F)[C@@H](C)[C@@H](C)[C@@H]1OC(C)=O.CC1(C)O[C@@H]2O[C@@H](C=O)[C@H]3OC(C)(C)O[C@H]3[C@@H]2O1. The van der Waals surface area contributed by atoms with Gasteiger partial charge in [-0.3, -0.25) is 9.59 Å². The summed E-state index contributed by atoms with van der Waals surface area (Å²) in [5.41, 5.74) is 0. The number of rotatable bonds is 4. The third-order valence-electron chi connectivity index (χ3n) is 6.58. The molecule has 11 nitrogen and oxygen atoms in total. The van der Waals surface area contributed by atoms with Gasteiger partial charge in [0.1, 0.15) is 30.5 Å². The fourth-order valence-electron chi connectivity index (χ4n) is 4.86. The zero-order chi connectivity index (χ0) is 27.9. The van der Waals surface area contributed by atoms with E-state index in [1.165, 1.54) is 6.92 Å². The molecule has 0 aromatic heterocycles. The van der Waals surface area contributed by atoms with Crippen LogP contribution in [-0.4, -0.2) is 85.4 Å². The molecule has 0 aromatic carbocycles. The number of carbonyl (C=O) groups is 3. The molecule has 0 aliphatic carbocycles. The van der Waals surface area contributed by atoms with Gasteiger partial charge in [0.2, 0.25) is 6.29 Å². The first-order valence-electron chi connectivity index (χ1n) is 12.2. The molecule has 37 heavy (non-hydrogen) atoms. The monoisotopic (exact) mass is 538 g/mol. The van der Waals surface area contributed by atoms with Crippen LogP contribution in [0, 0.1) is 11.8 Å². The number of fused-ring (bicyclic) bond motifs is 3. The third-order valence-corrected chi connectivity index (χ3v) is 6.58. The van der Waals surface area contributed by atoms with Crippen LogP contribution in [0.1, 0.15) is 55.4 Å². The van der Waals surface area contributed by atoms with E-state index in [1.54, 1.807) is 27.7 Å². The van der Waals surface area contributed by atoms with Gasteiger partial charge in [0.25, 0.3) is 6.43 Å². The average Bonchev–Trinajstić information content (AvgIpc) is 3.26. The lowest BCUT2D eigenvalue weighted by Crippen LogP contribution is -2.55. The van der Waals surface area contributed by atoms with Gasteiger partial charge in [-0.1, -0.05) is 13.8 Å². The molecule has 4 saturated heterocycles. The molecule has 4 aliphatic heterocycles. The molecule has 10 atom stereocenters. The lowest BCUT2D eigenvalue weighted by atomic mass is 9.83. The van der Waals surface area contributed by atoms with E-state index < -0.39 is 78.8 Å². The second kappa shape index (κ2) is 11.1. The minimum Gasteiger partial charge on any atom is -0.456 e. The van der Waals surface area contributed by atoms with E-state index in [0.717, 1.165) is 13.2 Å². The van der Waals surface area contributed by atoms with E-state index in [2.05, 4.69) is 0 Å². The smallest absolute Gasteiger partial charge is 0.305 e. The second-order valence-electron chi connectivity index (χ2n) is 10.5. The molecule has 4 fully saturated rings. The van der Waals surface area contributed by atoms with E-state index in [9.17, 15) is 23.2 Å². The largest absolute Gasteiger partial charge is 0.456 e. The van der Waals surface area contributed by atoms with Gasteiger partial charge in [0.05, 0.1) is 0 Å². The third kappa shape index (κ3) is 6.82. The molecule has 4 heterocycles. The van der Waals surface area contributed by atoms with E-state index >= 15 is 0 Å². The first kappa shape index (κ1) is 29.8. The van der Waals surface area contributed by atoms with Crippen molar-refractivity contribution in [2.75, 3.05) is 0 Å². The Labute approximate surface area is 214 Å². The highest BCUT2D eigenvalue weighted by molar-refractivity contribution is 5.67. The Morgan fingerprint density at radius 2 is 1.35 bits per heavy atom. The predicted octanol–water partition coefficient (Wildman–Crippen LogP) is 2.33. The summed E-state index contributed by atoms with van der Waals surface area (Å²) in [5.74, 6) is -3.70. The van der Waals surface area contributed by atoms with Crippen molar-refractivity contribution in [1.82, 2.24) is 0 Å². The summed E-state index contributed by atoms with van der Waals surface area (Å²) in [6, 6.07) is 0. The van der Waals surface area contributed by atoms with E-state index in [1.807, 2.05) is 13.8 Å². The maximum absolute atomic E-state index is 12.9. The lowest BCUT2D eigenvalue weighted by molar-refractivity contribution is -0.283. The second-order valence-corrected chi connectivity index (χ2v) is 10.5. The van der Waals surface area contributed by atoms with E-state index in [-0.39, 0.29) is 12.2 Å². The highest BCUT2D eigenvalue weighted by Gasteiger charge is 2.60. The number of carbonyl (C=O) groups excluding carboxylic acids is 3. The van der Waals surface area contributed by atoms with Crippen molar-refractivity contribution in [3.05, 3.63) is 0 Å². The van der Waals surface area contributed by atoms with Crippen molar-refractivity contribution in [2.24, 2.45) is 11.8 Å². The van der Waals surface area contributed by atoms with Crippen LogP contribution in [0.4, 0.5) is 8.78 Å². The maximum atomic E-state index is 12.9. The molecule has 0 spiro atoms. The van der Waals surface area contributed by atoms with Crippen LogP contribution >= 0.6 is 0 Å². The highest BCUT2D eigenvalue weighted by Crippen LogP contribution is 2.43. The minimum absolute atomic E-state index is 0.351. The van der Waals surface area contributed by atoms with Gasteiger partial charge < -0.3 is 42.7 Å². The molecule has 212 valence electrons. The maximum Gasteiger partial charge on any atom is 0.305 e. The molecular formula is C24H36F2O11. The Hall–Kier alpha value is -1.77. The summed E-state index contributed by atoms with van der Waals surface area (Å²) in [7, 11) is 0. The van der Waals surface area contributed by atoms with Crippen LogP contribution in [-0.2, 0) is 52.3 Å². The van der Waals surface area contributed by atoms with E-state index in [4.69, 9.17) is 37.9 Å². The van der Waals surface area contributed by atoms with Gasteiger partial charge in [-0.25, -0.2) is 8.78 Å². The molecule has 4 aliphatic rings. The Morgan fingerprint density at radius 3 is 1.89 bits per heavy atom. The summed E-state index contributed by atoms with van der Waals surface area (Å²) in [6.07, 6.45) is -7.95. The van der Waals surface area contributed by atoms with Crippen molar-refractivity contribution in [1.29, 1.82) is 0 Å². The van der Waals surface area contributed by atoms with Gasteiger partial charge in [0, 0.05) is 19.8 Å². The fraction of sp³-hybridized carbons (Fsp3) is 0.875. The lowest BCUT2D eigenvalue weighted by Gasteiger charge is -2.42. The molecule has 0 radical (unpaired) electrons. The quantitative estimate of drug-likeness (QED) is 0.387. The summed E-state index contributed by atoms with van der Waals surface area (Å²) >= 11 is 0. The first-order chi connectivity index (χ1) is 17.0. The number of hydrogen-bond donors (Lipinski definition) is 0. The van der Waals surface area contributed by atoms with Crippen molar-refractivity contribution in [3.8, 4) is 0 Å². The van der Waals surface area contributed by atoms with Crippen LogP contribution in [0.25, 0.3) is 0 Å². The first-order valence-corrected chi connectivity index (χ1v) is 12.2. The van der Waals surface area contributed by atoms with Gasteiger partial charge >= 0.3 is 11.9 Å². The standard InChI is InChI=1S/C12H18F2O5.C12H18O6/c1-5-6(2)10(17-7(3)15)12(18-8(4)16)19-9(5)11(13)14;1-11(2)15-7-6(5-13)14-10-9(8(7)16-11)17-12(3,4)18-10/h5-6,9-12H,1-4H3;5-10H,1-4H3/t5-,6+,9+,10-,12?;6-,7+,8+,9-,10-/m00/s1. The number of alkyl halides is 2. The number of aldehydes is 1. The van der Waals surface area contributed by atoms with Crippen molar-refractivity contribution < 1.29 is 61.1 Å². The van der Waals surface area contributed by atoms with Gasteiger partial charge in [-0.2, -0.15) is 0 Å². The van der Waals surface area contributed by atoms with Gasteiger partial charge in [0.15, 0.2) is 30.3 Å². The Kier molecular flexibility index (Phi) is 8.97. The van der Waals surface area contributed by atoms with Crippen LogP contribution in [0.5, 0.6) is 0 Å². The molecular weight excluding hydrogens is 502 g/mol. The van der Waals surface area contributed by atoms with Crippen LogP contribution < -0.4 is 0 Å². The van der Waals surface area contributed by atoms with Gasteiger partial charge in [-0.05, 0) is 33.6 Å².